The molecule has 28 heavy (non-hydrogen) atoms. The van der Waals surface area contributed by atoms with Crippen LogP contribution in [0.15, 0.2) is 5.38 Å². The molecule has 8 heteroatoms. The van der Waals surface area contributed by atoms with Gasteiger partial charge in [0.1, 0.15) is 11.0 Å². The smallest absolute Gasteiger partial charge is 0.413 e. The Morgan fingerprint density at radius 1 is 1.29 bits per heavy atom. The number of thiazole rings is 1. The zero-order chi connectivity index (χ0) is 20.4. The van der Waals surface area contributed by atoms with Crippen molar-refractivity contribution in [2.45, 2.75) is 82.8 Å². The molecule has 1 aromatic heterocycles. The molecule has 156 valence electrons. The molecule has 2 atom stereocenters. The van der Waals surface area contributed by atoms with Gasteiger partial charge in [-0.1, -0.05) is 12.8 Å². The second-order valence-corrected chi connectivity index (χ2v) is 9.76. The summed E-state index contributed by atoms with van der Waals surface area (Å²) in [6.45, 7) is 7.49. The molecular formula is C20H31N3O4S. The summed E-state index contributed by atoms with van der Waals surface area (Å²) >= 11 is 1.25. The number of hydrogen-bond donors (Lipinski definition) is 2. The number of aliphatic carboxylic acids is 1. The highest BCUT2D eigenvalue weighted by atomic mass is 32.1. The number of aromatic nitrogens is 1. The molecule has 0 aromatic carbocycles. The van der Waals surface area contributed by atoms with Crippen molar-refractivity contribution in [1.82, 2.24) is 9.88 Å². The van der Waals surface area contributed by atoms with Crippen LogP contribution in [0.3, 0.4) is 0 Å². The second kappa shape index (κ2) is 8.37. The van der Waals surface area contributed by atoms with E-state index in [9.17, 15) is 14.7 Å². The first-order valence-corrected chi connectivity index (χ1v) is 11.0. The van der Waals surface area contributed by atoms with Crippen LogP contribution in [0.2, 0.25) is 0 Å². The summed E-state index contributed by atoms with van der Waals surface area (Å²) < 4.78 is 5.25. The average Bonchev–Trinajstić information content (AvgIpc) is 3.14. The maximum Gasteiger partial charge on any atom is 0.413 e. The minimum atomic E-state index is -0.971. The maximum absolute atomic E-state index is 12.3. The largest absolute Gasteiger partial charge is 0.481 e. The maximum atomic E-state index is 12.3. The first-order chi connectivity index (χ1) is 13.2. The number of carboxylic acids is 1. The molecule has 1 saturated carbocycles. The predicted octanol–water partition coefficient (Wildman–Crippen LogP) is 4.24. The van der Waals surface area contributed by atoms with Crippen LogP contribution in [0, 0.1) is 0 Å². The zero-order valence-corrected chi connectivity index (χ0v) is 17.8. The first-order valence-electron chi connectivity index (χ1n) is 10.1. The Morgan fingerprint density at radius 3 is 2.57 bits per heavy atom. The Labute approximate surface area is 170 Å². The molecule has 1 aliphatic heterocycles. The lowest BCUT2D eigenvalue weighted by molar-refractivity contribution is -0.144. The minimum Gasteiger partial charge on any atom is -0.481 e. The summed E-state index contributed by atoms with van der Waals surface area (Å²) in [6.07, 6.45) is 6.37. The van der Waals surface area contributed by atoms with Gasteiger partial charge >= 0.3 is 12.1 Å². The average molecular weight is 410 g/mol. The van der Waals surface area contributed by atoms with E-state index in [1.807, 2.05) is 0 Å². The Hall–Kier alpha value is -1.67. The van der Waals surface area contributed by atoms with Crippen molar-refractivity contribution in [1.29, 1.82) is 0 Å². The number of carbonyl (C=O) groups is 2. The summed E-state index contributed by atoms with van der Waals surface area (Å²) in [5.74, 6) is -0.820. The quantitative estimate of drug-likeness (QED) is 0.773. The molecule has 3 rings (SSSR count). The van der Waals surface area contributed by atoms with E-state index in [0.29, 0.717) is 23.7 Å². The molecule has 1 saturated heterocycles. The number of rotatable bonds is 4. The third-order valence-corrected chi connectivity index (χ3v) is 6.41. The van der Waals surface area contributed by atoms with Crippen LogP contribution in [-0.4, -0.2) is 51.8 Å². The van der Waals surface area contributed by atoms with E-state index in [4.69, 9.17) is 4.74 Å². The van der Waals surface area contributed by atoms with Crippen molar-refractivity contribution in [2.75, 3.05) is 18.4 Å². The number of amides is 1. The fraction of sp³-hybridized carbons (Fsp3) is 0.750. The van der Waals surface area contributed by atoms with E-state index in [0.717, 1.165) is 19.5 Å². The Kier molecular flexibility index (Phi) is 6.29. The molecule has 1 amide bonds. The topological polar surface area (TPSA) is 91.8 Å². The standard InChI is InChI=1S/C20H31N3O4S/c1-19(2,3)27-18(26)22-17-21-15(13-28-17)20(16(24)25)9-8-14(12-20)23-10-6-4-5-7-11-23/h13-14H,4-12H2,1-3H3,(H,24,25)(H,21,22,26). The van der Waals surface area contributed by atoms with Gasteiger partial charge in [0.25, 0.3) is 0 Å². The normalized spacial score (nSPS) is 26.6. The van der Waals surface area contributed by atoms with E-state index in [1.54, 1.807) is 26.2 Å². The van der Waals surface area contributed by atoms with Crippen molar-refractivity contribution in [3.05, 3.63) is 11.1 Å². The predicted molar refractivity (Wildman–Crippen MR) is 109 cm³/mol. The van der Waals surface area contributed by atoms with E-state index in [1.165, 1.54) is 37.0 Å². The van der Waals surface area contributed by atoms with Gasteiger partial charge in [-0.25, -0.2) is 9.78 Å². The third-order valence-electron chi connectivity index (χ3n) is 5.66. The molecule has 1 aliphatic carbocycles. The fourth-order valence-corrected chi connectivity index (χ4v) is 5.06. The number of hydrogen-bond acceptors (Lipinski definition) is 6. The number of ether oxygens (including phenoxy) is 1. The number of nitrogens with zero attached hydrogens (tertiary/aromatic N) is 2. The van der Waals surface area contributed by atoms with Crippen molar-refractivity contribution < 1.29 is 19.4 Å². The number of carbonyl (C=O) groups excluding carboxylic acids is 1. The Balaban J connectivity index is 1.72. The summed E-state index contributed by atoms with van der Waals surface area (Å²) in [6, 6.07) is 0.290. The van der Waals surface area contributed by atoms with Crippen LogP contribution in [0.25, 0.3) is 0 Å². The summed E-state index contributed by atoms with van der Waals surface area (Å²) in [7, 11) is 0. The van der Waals surface area contributed by atoms with Gasteiger partial charge in [-0.2, -0.15) is 0 Å². The Bertz CT molecular complexity index is 707. The number of likely N-dealkylation sites (tertiary alicyclic amines) is 1. The van der Waals surface area contributed by atoms with Crippen LogP contribution < -0.4 is 5.32 Å². The SMILES string of the molecule is CC(C)(C)OC(=O)Nc1nc(C2(C(=O)O)CCC(N3CCCCCC3)C2)cs1. The molecule has 2 fully saturated rings. The lowest BCUT2D eigenvalue weighted by Gasteiger charge is -2.29. The Morgan fingerprint density at radius 2 is 1.96 bits per heavy atom. The molecule has 2 unspecified atom stereocenters. The molecule has 2 heterocycles. The molecule has 0 radical (unpaired) electrons. The summed E-state index contributed by atoms with van der Waals surface area (Å²) in [4.78, 5) is 31.2. The number of carboxylic acid groups (broad SMARTS) is 1. The molecule has 1 aromatic rings. The number of nitrogens with one attached hydrogen (secondary N) is 1. The molecule has 7 nitrogen and oxygen atoms in total. The van der Waals surface area contributed by atoms with E-state index in [2.05, 4.69) is 15.2 Å². The highest BCUT2D eigenvalue weighted by molar-refractivity contribution is 7.13. The fourth-order valence-electron chi connectivity index (χ4n) is 4.27. The highest BCUT2D eigenvalue weighted by Gasteiger charge is 2.50. The van der Waals surface area contributed by atoms with Gasteiger partial charge < -0.3 is 14.7 Å². The molecule has 2 N–H and O–H groups in total. The molecule has 0 spiro atoms. The first kappa shape index (κ1) is 21.0. The van der Waals surface area contributed by atoms with E-state index in [-0.39, 0.29) is 6.04 Å². The van der Waals surface area contributed by atoms with Crippen LogP contribution in [0.4, 0.5) is 9.93 Å². The molecule has 2 aliphatic rings. The van der Waals surface area contributed by atoms with Gasteiger partial charge in [0.05, 0.1) is 5.69 Å². The van der Waals surface area contributed by atoms with Crippen LogP contribution in [0.1, 0.15) is 71.4 Å². The van der Waals surface area contributed by atoms with Crippen molar-refractivity contribution in [3.63, 3.8) is 0 Å². The van der Waals surface area contributed by atoms with Crippen LogP contribution >= 0.6 is 11.3 Å². The minimum absolute atomic E-state index is 0.290. The van der Waals surface area contributed by atoms with Gasteiger partial charge in [-0.05, 0) is 66.0 Å². The monoisotopic (exact) mass is 409 g/mol. The van der Waals surface area contributed by atoms with Crippen molar-refractivity contribution >= 4 is 28.5 Å². The van der Waals surface area contributed by atoms with E-state index >= 15 is 0 Å². The van der Waals surface area contributed by atoms with Crippen molar-refractivity contribution in [3.8, 4) is 0 Å². The van der Waals surface area contributed by atoms with Crippen LogP contribution in [-0.2, 0) is 14.9 Å². The van der Waals surface area contributed by atoms with Crippen molar-refractivity contribution in [2.24, 2.45) is 0 Å². The van der Waals surface area contributed by atoms with Gasteiger partial charge in [-0.15, -0.1) is 11.3 Å². The summed E-state index contributed by atoms with van der Waals surface area (Å²) in [5.41, 5.74) is -1.02. The summed E-state index contributed by atoms with van der Waals surface area (Å²) in [5, 5.41) is 14.8. The highest BCUT2D eigenvalue weighted by Crippen LogP contribution is 2.44. The van der Waals surface area contributed by atoms with E-state index < -0.39 is 23.1 Å². The lowest BCUT2D eigenvalue weighted by Crippen LogP contribution is -2.39. The second-order valence-electron chi connectivity index (χ2n) is 8.90. The van der Waals surface area contributed by atoms with Crippen LogP contribution in [0.5, 0.6) is 0 Å². The number of anilines is 1. The zero-order valence-electron chi connectivity index (χ0n) is 17.0. The van der Waals surface area contributed by atoms with Gasteiger partial charge in [0.2, 0.25) is 0 Å². The third kappa shape index (κ3) is 4.84. The van der Waals surface area contributed by atoms with Gasteiger partial charge in [-0.3, -0.25) is 10.1 Å². The molecule has 0 bridgehead atoms. The lowest BCUT2D eigenvalue weighted by atomic mass is 9.83. The van der Waals surface area contributed by atoms with Gasteiger partial charge in [0.15, 0.2) is 5.13 Å². The van der Waals surface area contributed by atoms with Gasteiger partial charge in [0, 0.05) is 11.4 Å². The molecular weight excluding hydrogens is 378 g/mol.